The molecule has 1 unspecified atom stereocenters. The zero-order valence-corrected chi connectivity index (χ0v) is 16.4. The number of nitrogens with zero attached hydrogens (tertiary/aromatic N) is 2. The zero-order chi connectivity index (χ0) is 19.6. The van der Waals surface area contributed by atoms with Gasteiger partial charge < -0.3 is 10.1 Å². The number of hydrogen-bond acceptors (Lipinski definition) is 5. The van der Waals surface area contributed by atoms with Crippen molar-refractivity contribution in [3.63, 3.8) is 0 Å². The second-order valence-corrected chi connectivity index (χ2v) is 8.97. The van der Waals surface area contributed by atoms with E-state index in [0.29, 0.717) is 18.0 Å². The molecule has 144 valence electrons. The van der Waals surface area contributed by atoms with Crippen molar-refractivity contribution in [2.24, 2.45) is 0 Å². The van der Waals surface area contributed by atoms with Gasteiger partial charge in [-0.1, -0.05) is 11.6 Å². The predicted molar refractivity (Wildman–Crippen MR) is 105 cm³/mol. The van der Waals surface area contributed by atoms with Crippen molar-refractivity contribution in [3.05, 3.63) is 47.2 Å². The van der Waals surface area contributed by atoms with Crippen LogP contribution in [-0.2, 0) is 14.6 Å². The number of aromatic nitrogens is 2. The Kier molecular flexibility index (Phi) is 5.36. The fourth-order valence-electron chi connectivity index (χ4n) is 3.17. The number of sulfone groups is 1. The average Bonchev–Trinajstić information content (AvgIpc) is 3.14. The summed E-state index contributed by atoms with van der Waals surface area (Å²) in [5, 5.41) is 7.16. The number of carbonyl (C=O) groups excluding carboxylic acids is 1. The van der Waals surface area contributed by atoms with Gasteiger partial charge in [0, 0.05) is 17.7 Å². The van der Waals surface area contributed by atoms with Crippen LogP contribution in [0.15, 0.2) is 30.3 Å². The molecule has 0 bridgehead atoms. The molecule has 7 nitrogen and oxygen atoms in total. The molecule has 1 aliphatic rings. The van der Waals surface area contributed by atoms with Crippen LogP contribution in [0.5, 0.6) is 5.75 Å². The Morgan fingerprint density at radius 1 is 1.33 bits per heavy atom. The monoisotopic (exact) mass is 389 g/mol. The maximum absolute atomic E-state index is 12.4. The van der Waals surface area contributed by atoms with Crippen LogP contribution in [0.1, 0.15) is 29.3 Å². The number of aryl methyl sites for hydroxylation is 2. The summed E-state index contributed by atoms with van der Waals surface area (Å²) in [6.07, 6.45) is 3.62. The second-order valence-electron chi connectivity index (χ2n) is 6.74. The minimum atomic E-state index is -3.04. The number of methoxy groups -OCH3 is 1. The van der Waals surface area contributed by atoms with Gasteiger partial charge in [-0.05, 0) is 38.5 Å². The van der Waals surface area contributed by atoms with Gasteiger partial charge in [0.05, 0.1) is 30.4 Å². The van der Waals surface area contributed by atoms with E-state index in [1.54, 1.807) is 23.9 Å². The Morgan fingerprint density at radius 2 is 2.11 bits per heavy atom. The molecule has 1 aliphatic heterocycles. The zero-order valence-electron chi connectivity index (χ0n) is 15.6. The van der Waals surface area contributed by atoms with Crippen LogP contribution < -0.4 is 10.1 Å². The van der Waals surface area contributed by atoms with Crippen molar-refractivity contribution in [3.8, 4) is 5.75 Å². The first-order valence-electron chi connectivity index (χ1n) is 8.68. The van der Waals surface area contributed by atoms with Gasteiger partial charge in [0.15, 0.2) is 9.84 Å². The molecule has 1 aromatic heterocycles. The Bertz CT molecular complexity index is 992. The summed E-state index contributed by atoms with van der Waals surface area (Å²) in [7, 11) is -1.46. The van der Waals surface area contributed by atoms with Gasteiger partial charge in [-0.2, -0.15) is 5.10 Å². The Balaban J connectivity index is 1.76. The summed E-state index contributed by atoms with van der Waals surface area (Å²) in [4.78, 5) is 12.4. The van der Waals surface area contributed by atoms with Gasteiger partial charge in [0.1, 0.15) is 11.6 Å². The molecular formula is C19H23N3O4S. The molecule has 0 aliphatic carbocycles. The first-order chi connectivity index (χ1) is 12.8. The van der Waals surface area contributed by atoms with E-state index < -0.39 is 9.84 Å². The third kappa shape index (κ3) is 4.57. The molecule has 1 saturated heterocycles. The van der Waals surface area contributed by atoms with Crippen molar-refractivity contribution < 1.29 is 17.9 Å². The molecule has 1 fully saturated rings. The van der Waals surface area contributed by atoms with Crippen LogP contribution in [0.3, 0.4) is 0 Å². The van der Waals surface area contributed by atoms with E-state index in [0.717, 1.165) is 16.8 Å². The quantitative estimate of drug-likeness (QED) is 0.794. The Morgan fingerprint density at radius 3 is 2.78 bits per heavy atom. The highest BCUT2D eigenvalue weighted by Crippen LogP contribution is 2.27. The van der Waals surface area contributed by atoms with Crippen molar-refractivity contribution in [1.82, 2.24) is 9.78 Å². The fraction of sp³-hybridized carbons (Fsp3) is 0.368. The number of anilines is 1. The third-order valence-corrected chi connectivity index (χ3v) is 6.21. The average molecular weight is 389 g/mol. The van der Waals surface area contributed by atoms with Gasteiger partial charge >= 0.3 is 0 Å². The first-order valence-corrected chi connectivity index (χ1v) is 10.5. The van der Waals surface area contributed by atoms with Crippen molar-refractivity contribution in [1.29, 1.82) is 0 Å². The third-order valence-electron chi connectivity index (χ3n) is 4.46. The van der Waals surface area contributed by atoms with E-state index in [2.05, 4.69) is 10.4 Å². The lowest BCUT2D eigenvalue weighted by Gasteiger charge is -2.13. The van der Waals surface area contributed by atoms with E-state index in [9.17, 15) is 13.2 Å². The highest BCUT2D eigenvalue weighted by atomic mass is 32.2. The SMILES string of the molecule is COc1ccc(C)cc1/C=C/C(=O)Nc1cc(C)nn1C1CCS(=O)(=O)C1. The number of hydrogen-bond donors (Lipinski definition) is 1. The number of carbonyl (C=O) groups is 1. The van der Waals surface area contributed by atoms with E-state index in [1.165, 1.54) is 6.08 Å². The summed E-state index contributed by atoms with van der Waals surface area (Å²) >= 11 is 0. The van der Waals surface area contributed by atoms with Crippen LogP contribution in [-0.4, -0.2) is 42.7 Å². The van der Waals surface area contributed by atoms with Crippen LogP contribution >= 0.6 is 0 Å². The van der Waals surface area contributed by atoms with Crippen LogP contribution in [0, 0.1) is 13.8 Å². The normalized spacial score (nSPS) is 18.7. The molecule has 27 heavy (non-hydrogen) atoms. The maximum atomic E-state index is 12.4. The molecule has 1 amide bonds. The van der Waals surface area contributed by atoms with E-state index in [1.807, 2.05) is 32.0 Å². The molecule has 1 atom stereocenters. The van der Waals surface area contributed by atoms with E-state index in [4.69, 9.17) is 4.74 Å². The molecule has 8 heteroatoms. The van der Waals surface area contributed by atoms with Crippen LogP contribution in [0.25, 0.3) is 6.08 Å². The van der Waals surface area contributed by atoms with Crippen molar-refractivity contribution >= 4 is 27.6 Å². The number of rotatable bonds is 5. The summed E-state index contributed by atoms with van der Waals surface area (Å²) in [5.74, 6) is 1.06. The summed E-state index contributed by atoms with van der Waals surface area (Å²) in [6, 6.07) is 7.21. The smallest absolute Gasteiger partial charge is 0.249 e. The summed E-state index contributed by atoms with van der Waals surface area (Å²) in [5.41, 5.74) is 2.59. The number of nitrogens with one attached hydrogen (secondary N) is 1. The van der Waals surface area contributed by atoms with Crippen molar-refractivity contribution in [2.45, 2.75) is 26.3 Å². The van der Waals surface area contributed by atoms with E-state index >= 15 is 0 Å². The van der Waals surface area contributed by atoms with Gasteiger partial charge in [-0.25, -0.2) is 13.1 Å². The topological polar surface area (TPSA) is 90.3 Å². The van der Waals surface area contributed by atoms with Crippen LogP contribution in [0.4, 0.5) is 5.82 Å². The number of benzene rings is 1. The van der Waals surface area contributed by atoms with Gasteiger partial charge in [-0.3, -0.25) is 4.79 Å². The maximum Gasteiger partial charge on any atom is 0.249 e. The lowest BCUT2D eigenvalue weighted by Crippen LogP contribution is -2.18. The standard InChI is InChI=1S/C19H23N3O4S/c1-13-4-6-17(26-3)15(10-13)5-7-19(23)20-18-11-14(2)21-22(18)16-8-9-27(24,25)12-16/h4-7,10-11,16H,8-9,12H2,1-3H3,(H,20,23)/b7-5+. The molecule has 0 radical (unpaired) electrons. The molecule has 1 aromatic carbocycles. The Labute approximate surface area is 159 Å². The highest BCUT2D eigenvalue weighted by molar-refractivity contribution is 7.91. The second kappa shape index (κ2) is 7.56. The lowest BCUT2D eigenvalue weighted by atomic mass is 10.1. The molecule has 0 saturated carbocycles. The van der Waals surface area contributed by atoms with Gasteiger partial charge in [0.25, 0.3) is 0 Å². The van der Waals surface area contributed by atoms with E-state index in [-0.39, 0.29) is 23.5 Å². The Hall–Kier alpha value is -2.61. The van der Waals surface area contributed by atoms with Crippen molar-refractivity contribution in [2.75, 3.05) is 23.9 Å². The molecule has 2 aromatic rings. The largest absolute Gasteiger partial charge is 0.496 e. The fourth-order valence-corrected chi connectivity index (χ4v) is 4.87. The summed E-state index contributed by atoms with van der Waals surface area (Å²) in [6.45, 7) is 3.77. The molecule has 2 heterocycles. The summed E-state index contributed by atoms with van der Waals surface area (Å²) < 4.78 is 30.4. The lowest BCUT2D eigenvalue weighted by molar-refractivity contribution is -0.111. The number of ether oxygens (including phenoxy) is 1. The highest BCUT2D eigenvalue weighted by Gasteiger charge is 2.31. The predicted octanol–water partition coefficient (Wildman–Crippen LogP) is 2.52. The minimum absolute atomic E-state index is 0.0489. The minimum Gasteiger partial charge on any atom is -0.496 e. The molecule has 3 rings (SSSR count). The van der Waals surface area contributed by atoms with Gasteiger partial charge in [0.2, 0.25) is 5.91 Å². The van der Waals surface area contributed by atoms with Gasteiger partial charge in [-0.15, -0.1) is 0 Å². The molecular weight excluding hydrogens is 366 g/mol. The molecule has 1 N–H and O–H groups in total. The first kappa shape index (κ1) is 19.2. The number of amides is 1. The molecule has 0 spiro atoms. The van der Waals surface area contributed by atoms with Crippen LogP contribution in [0.2, 0.25) is 0 Å².